The fraction of sp³-hybridized carbons (Fsp3) is 0.600. The highest BCUT2D eigenvalue weighted by atomic mass is 35.5. The molecule has 1 aromatic carbocycles. The van der Waals surface area contributed by atoms with Gasteiger partial charge in [-0.2, -0.15) is 0 Å². The molecule has 1 aliphatic rings. The third kappa shape index (κ3) is 3.55. The van der Waals surface area contributed by atoms with Crippen molar-refractivity contribution in [1.82, 2.24) is 0 Å². The molecule has 4 N–H and O–H groups in total. The van der Waals surface area contributed by atoms with E-state index in [4.69, 9.17) is 17.3 Å². The molecule has 0 unspecified atom stereocenters. The van der Waals surface area contributed by atoms with Crippen LogP contribution < -0.4 is 11.1 Å². The van der Waals surface area contributed by atoms with Gasteiger partial charge in [0.1, 0.15) is 5.82 Å². The third-order valence-electron chi connectivity index (χ3n) is 4.31. The molecule has 0 radical (unpaired) electrons. The Morgan fingerprint density at radius 2 is 2.10 bits per heavy atom. The molecule has 0 atom stereocenters. The van der Waals surface area contributed by atoms with Gasteiger partial charge in [0.15, 0.2) is 0 Å². The van der Waals surface area contributed by atoms with E-state index in [1.165, 1.54) is 18.6 Å². The molecule has 0 amide bonds. The number of rotatable bonds is 4. The van der Waals surface area contributed by atoms with Crippen LogP contribution in [0.25, 0.3) is 0 Å². The Labute approximate surface area is 124 Å². The second-order valence-electron chi connectivity index (χ2n) is 5.78. The van der Waals surface area contributed by atoms with Gasteiger partial charge in [-0.15, -0.1) is 0 Å². The van der Waals surface area contributed by atoms with Crippen molar-refractivity contribution in [3.05, 3.63) is 23.0 Å². The highest BCUT2D eigenvalue weighted by Crippen LogP contribution is 2.34. The lowest BCUT2D eigenvalue weighted by Gasteiger charge is -2.36. The number of nitrogen functional groups attached to an aromatic ring is 1. The molecule has 1 saturated carbocycles. The minimum atomic E-state index is -0.728. The van der Waals surface area contributed by atoms with Crippen molar-refractivity contribution in [2.24, 2.45) is 5.92 Å². The molecule has 0 heterocycles. The predicted octanol–water partition coefficient (Wildman–Crippen LogP) is 3.80. The van der Waals surface area contributed by atoms with E-state index in [0.717, 1.165) is 25.7 Å². The predicted molar refractivity (Wildman–Crippen MR) is 81.5 cm³/mol. The molecule has 5 heteroatoms. The molecule has 1 aromatic rings. The third-order valence-corrected chi connectivity index (χ3v) is 4.60. The molecule has 0 aromatic heterocycles. The van der Waals surface area contributed by atoms with Crippen LogP contribution in [0.2, 0.25) is 5.02 Å². The largest absolute Gasteiger partial charge is 0.397 e. The number of anilines is 2. The Hall–Kier alpha value is -1.00. The molecular formula is C15H22ClFN2O. The molecule has 1 aliphatic carbocycles. The van der Waals surface area contributed by atoms with E-state index in [1.807, 2.05) is 0 Å². The van der Waals surface area contributed by atoms with Crippen molar-refractivity contribution in [3.8, 4) is 0 Å². The van der Waals surface area contributed by atoms with Crippen LogP contribution >= 0.6 is 11.6 Å². The lowest BCUT2D eigenvalue weighted by molar-refractivity contribution is 0.00230. The summed E-state index contributed by atoms with van der Waals surface area (Å²) in [5.74, 6) is 0.207. The molecule has 0 bridgehead atoms. The second kappa shape index (κ2) is 6.19. The van der Waals surface area contributed by atoms with E-state index in [0.29, 0.717) is 23.8 Å². The van der Waals surface area contributed by atoms with Crippen LogP contribution in [0.3, 0.4) is 0 Å². The molecule has 0 saturated heterocycles. The summed E-state index contributed by atoms with van der Waals surface area (Å²) in [5, 5.41) is 13.6. The second-order valence-corrected chi connectivity index (χ2v) is 6.19. The monoisotopic (exact) mass is 300 g/mol. The first-order valence-electron chi connectivity index (χ1n) is 7.14. The van der Waals surface area contributed by atoms with E-state index >= 15 is 0 Å². The van der Waals surface area contributed by atoms with Crippen LogP contribution in [-0.4, -0.2) is 17.3 Å². The highest BCUT2D eigenvalue weighted by molar-refractivity contribution is 6.31. The zero-order chi connectivity index (χ0) is 14.8. The minimum Gasteiger partial charge on any atom is -0.397 e. The molecule has 0 aliphatic heterocycles. The van der Waals surface area contributed by atoms with Gasteiger partial charge in [0.2, 0.25) is 0 Å². The van der Waals surface area contributed by atoms with Gasteiger partial charge in [0.25, 0.3) is 0 Å². The van der Waals surface area contributed by atoms with Crippen LogP contribution in [-0.2, 0) is 0 Å². The molecule has 3 nitrogen and oxygen atoms in total. The van der Waals surface area contributed by atoms with Gasteiger partial charge in [-0.25, -0.2) is 4.39 Å². The van der Waals surface area contributed by atoms with E-state index in [-0.39, 0.29) is 5.02 Å². The van der Waals surface area contributed by atoms with E-state index in [2.05, 4.69) is 12.2 Å². The Morgan fingerprint density at radius 1 is 1.45 bits per heavy atom. The summed E-state index contributed by atoms with van der Waals surface area (Å²) < 4.78 is 13.4. The number of nitrogens with two attached hydrogens (primary N) is 1. The van der Waals surface area contributed by atoms with Crippen molar-refractivity contribution in [2.75, 3.05) is 17.6 Å². The van der Waals surface area contributed by atoms with E-state index in [9.17, 15) is 9.50 Å². The lowest BCUT2D eigenvalue weighted by Crippen LogP contribution is -2.40. The Balaban J connectivity index is 1.97. The first-order valence-corrected chi connectivity index (χ1v) is 7.52. The summed E-state index contributed by atoms with van der Waals surface area (Å²) in [5.41, 5.74) is 5.94. The van der Waals surface area contributed by atoms with E-state index in [1.54, 1.807) is 0 Å². The zero-order valence-corrected chi connectivity index (χ0v) is 12.5. The Kier molecular flexibility index (Phi) is 4.76. The van der Waals surface area contributed by atoms with Gasteiger partial charge in [0, 0.05) is 12.6 Å². The number of aliphatic hydroxyl groups is 1. The maximum atomic E-state index is 13.4. The molecule has 2 rings (SSSR count). The fourth-order valence-electron chi connectivity index (χ4n) is 2.78. The summed E-state index contributed by atoms with van der Waals surface area (Å²) >= 11 is 5.66. The molecule has 112 valence electrons. The summed E-state index contributed by atoms with van der Waals surface area (Å²) in [6, 6.07) is 2.66. The number of benzene rings is 1. The Bertz CT molecular complexity index is 473. The fourth-order valence-corrected chi connectivity index (χ4v) is 2.95. The van der Waals surface area contributed by atoms with Crippen LogP contribution in [0.15, 0.2) is 12.1 Å². The molecule has 20 heavy (non-hydrogen) atoms. The summed E-state index contributed by atoms with van der Waals surface area (Å²) in [7, 11) is 0. The van der Waals surface area contributed by atoms with Gasteiger partial charge < -0.3 is 16.2 Å². The van der Waals surface area contributed by atoms with Gasteiger partial charge in [-0.05, 0) is 37.7 Å². The SMILES string of the molecule is CCC1CCC(O)(CNc2cc(F)c(Cl)cc2N)CC1. The maximum Gasteiger partial charge on any atom is 0.143 e. The topological polar surface area (TPSA) is 58.3 Å². The van der Waals surface area contributed by atoms with Crippen LogP contribution in [0.1, 0.15) is 39.0 Å². The smallest absolute Gasteiger partial charge is 0.143 e. The highest BCUT2D eigenvalue weighted by Gasteiger charge is 2.32. The number of hydrogen-bond acceptors (Lipinski definition) is 3. The van der Waals surface area contributed by atoms with Crippen LogP contribution in [0.5, 0.6) is 0 Å². The standard InChI is InChI=1S/C15H22ClFN2O/c1-2-10-3-5-15(20,6-4-10)9-19-14-8-12(17)11(16)7-13(14)18/h7-8,10,19-20H,2-6,9,18H2,1H3. The zero-order valence-electron chi connectivity index (χ0n) is 11.8. The van der Waals surface area contributed by atoms with Gasteiger partial charge in [0.05, 0.1) is 22.0 Å². The first-order chi connectivity index (χ1) is 9.43. The summed E-state index contributed by atoms with van der Waals surface area (Å²) in [6.45, 7) is 2.57. The maximum absolute atomic E-state index is 13.4. The number of nitrogens with one attached hydrogen (secondary N) is 1. The average molecular weight is 301 g/mol. The quantitative estimate of drug-likeness (QED) is 0.741. The molecule has 1 fully saturated rings. The molecule has 0 spiro atoms. The summed E-state index contributed by atoms with van der Waals surface area (Å²) in [4.78, 5) is 0. The van der Waals surface area contributed by atoms with Gasteiger partial charge >= 0.3 is 0 Å². The minimum absolute atomic E-state index is 0.00946. The normalized spacial score (nSPS) is 26.5. The van der Waals surface area contributed by atoms with Crippen molar-refractivity contribution >= 4 is 23.0 Å². The van der Waals surface area contributed by atoms with Crippen LogP contribution in [0.4, 0.5) is 15.8 Å². The van der Waals surface area contributed by atoms with E-state index < -0.39 is 11.4 Å². The van der Waals surface area contributed by atoms with Crippen LogP contribution in [0, 0.1) is 11.7 Å². The summed E-state index contributed by atoms with van der Waals surface area (Å²) in [6.07, 6.45) is 4.79. The van der Waals surface area contributed by atoms with Gasteiger partial charge in [-0.3, -0.25) is 0 Å². The van der Waals surface area contributed by atoms with Crippen molar-refractivity contribution in [2.45, 2.75) is 44.6 Å². The lowest BCUT2D eigenvalue weighted by atomic mass is 9.78. The van der Waals surface area contributed by atoms with Crippen molar-refractivity contribution in [3.63, 3.8) is 0 Å². The van der Waals surface area contributed by atoms with Gasteiger partial charge in [-0.1, -0.05) is 24.9 Å². The number of hydrogen-bond donors (Lipinski definition) is 3. The average Bonchev–Trinajstić information content (AvgIpc) is 2.42. The number of halogens is 2. The first kappa shape index (κ1) is 15.4. The van der Waals surface area contributed by atoms with Crippen molar-refractivity contribution in [1.29, 1.82) is 0 Å². The molecular weight excluding hydrogens is 279 g/mol. The van der Waals surface area contributed by atoms with Crippen molar-refractivity contribution < 1.29 is 9.50 Å². The Morgan fingerprint density at radius 3 is 2.70 bits per heavy atom.